The molecule has 0 aromatic heterocycles. The fourth-order valence-corrected chi connectivity index (χ4v) is 6.43. The van der Waals surface area contributed by atoms with Crippen LogP contribution in [-0.4, -0.2) is 51.0 Å². The van der Waals surface area contributed by atoms with Gasteiger partial charge in [0, 0.05) is 24.7 Å². The molecule has 1 aromatic rings. The molecule has 1 N–H and O–H groups in total. The Labute approximate surface area is 161 Å². The molecule has 2 saturated carbocycles. The average Bonchev–Trinajstić information content (AvgIpc) is 3.32. The maximum Gasteiger partial charge on any atom is 0.251 e. The molecule has 1 heterocycles. The van der Waals surface area contributed by atoms with Crippen molar-refractivity contribution in [3.05, 3.63) is 29.8 Å². The van der Waals surface area contributed by atoms with Crippen LogP contribution in [0.3, 0.4) is 0 Å². The fourth-order valence-electron chi connectivity index (χ4n) is 5.02. The zero-order valence-corrected chi connectivity index (χ0v) is 16.6. The third-order valence-electron chi connectivity index (χ3n) is 6.52. The van der Waals surface area contributed by atoms with Crippen LogP contribution in [0.4, 0.5) is 0 Å². The lowest BCUT2D eigenvalue weighted by atomic mass is 9.84. The van der Waals surface area contributed by atoms with Gasteiger partial charge < -0.3 is 10.1 Å². The van der Waals surface area contributed by atoms with Crippen LogP contribution in [0.2, 0.25) is 0 Å². The molecule has 1 saturated heterocycles. The predicted octanol–water partition coefficient (Wildman–Crippen LogP) is 2.26. The van der Waals surface area contributed by atoms with Crippen molar-refractivity contribution in [3.8, 4) is 0 Å². The number of morpholine rings is 1. The highest BCUT2D eigenvalue weighted by Crippen LogP contribution is 2.49. The molecule has 0 spiro atoms. The third-order valence-corrected chi connectivity index (χ3v) is 8.43. The molecule has 0 radical (unpaired) electrons. The summed E-state index contributed by atoms with van der Waals surface area (Å²) in [6.07, 6.45) is 5.19. The van der Waals surface area contributed by atoms with Gasteiger partial charge in [-0.05, 0) is 68.2 Å². The standard InChI is InChI=1S/C20H28N2O4S/c1-14(19-13-15-2-3-17(19)12-15)21-20(23)16-4-6-18(7-5-16)27(24,25)22-8-10-26-11-9-22/h4-7,14-15,17,19H,2-3,8-13H2,1H3,(H,21,23)/t14-,15-,17-,19-/m1/s1. The molecule has 1 amide bonds. The number of carbonyl (C=O) groups excluding carboxylic acids is 1. The van der Waals surface area contributed by atoms with E-state index in [1.54, 1.807) is 12.1 Å². The van der Waals surface area contributed by atoms with Crippen LogP contribution >= 0.6 is 0 Å². The Morgan fingerprint density at radius 2 is 1.85 bits per heavy atom. The van der Waals surface area contributed by atoms with E-state index >= 15 is 0 Å². The molecule has 4 atom stereocenters. The molecule has 3 fully saturated rings. The molecule has 2 aliphatic carbocycles. The molecule has 1 aromatic carbocycles. The van der Waals surface area contributed by atoms with Crippen LogP contribution in [-0.2, 0) is 14.8 Å². The van der Waals surface area contributed by atoms with Crippen LogP contribution in [0.1, 0.15) is 43.0 Å². The molecular formula is C20H28N2O4S. The smallest absolute Gasteiger partial charge is 0.251 e. The highest BCUT2D eigenvalue weighted by atomic mass is 32.2. The fraction of sp³-hybridized carbons (Fsp3) is 0.650. The van der Waals surface area contributed by atoms with Crippen molar-refractivity contribution in [3.63, 3.8) is 0 Å². The van der Waals surface area contributed by atoms with Gasteiger partial charge in [-0.15, -0.1) is 0 Å². The van der Waals surface area contributed by atoms with Crippen molar-refractivity contribution in [2.45, 2.75) is 43.5 Å². The van der Waals surface area contributed by atoms with E-state index in [2.05, 4.69) is 12.2 Å². The second-order valence-corrected chi connectivity index (χ2v) is 10.1. The number of ether oxygens (including phenoxy) is 1. The zero-order valence-electron chi connectivity index (χ0n) is 15.8. The lowest BCUT2D eigenvalue weighted by molar-refractivity contribution is 0.0730. The molecular weight excluding hydrogens is 364 g/mol. The maximum absolute atomic E-state index is 12.7. The summed E-state index contributed by atoms with van der Waals surface area (Å²) < 4.78 is 32.0. The first kappa shape index (κ1) is 18.9. The average molecular weight is 393 g/mol. The van der Waals surface area contributed by atoms with Gasteiger partial charge in [-0.2, -0.15) is 4.31 Å². The van der Waals surface area contributed by atoms with E-state index in [4.69, 9.17) is 4.74 Å². The minimum Gasteiger partial charge on any atom is -0.379 e. The van der Waals surface area contributed by atoms with Gasteiger partial charge in [0.25, 0.3) is 5.91 Å². The SMILES string of the molecule is C[C@@H](NC(=O)c1ccc(S(=O)(=O)N2CCOCC2)cc1)[C@H]1C[C@@H]2CC[C@@H]1C2. The second kappa shape index (κ2) is 7.53. The number of sulfonamides is 1. The summed E-state index contributed by atoms with van der Waals surface area (Å²) in [5.41, 5.74) is 0.505. The monoisotopic (exact) mass is 392 g/mol. The van der Waals surface area contributed by atoms with Gasteiger partial charge in [0.2, 0.25) is 10.0 Å². The Balaban J connectivity index is 1.40. The van der Waals surface area contributed by atoms with Crippen molar-refractivity contribution < 1.29 is 17.9 Å². The van der Waals surface area contributed by atoms with E-state index < -0.39 is 10.0 Å². The van der Waals surface area contributed by atoms with Gasteiger partial charge in [0.1, 0.15) is 0 Å². The van der Waals surface area contributed by atoms with E-state index in [0.717, 1.165) is 11.8 Å². The number of nitrogens with zero attached hydrogens (tertiary/aromatic N) is 1. The van der Waals surface area contributed by atoms with E-state index in [1.807, 2.05) is 0 Å². The van der Waals surface area contributed by atoms with Gasteiger partial charge >= 0.3 is 0 Å². The second-order valence-electron chi connectivity index (χ2n) is 8.14. The van der Waals surface area contributed by atoms with Crippen LogP contribution < -0.4 is 5.32 Å². The third kappa shape index (κ3) is 3.77. The van der Waals surface area contributed by atoms with Gasteiger partial charge in [-0.25, -0.2) is 8.42 Å². The molecule has 2 bridgehead atoms. The molecule has 4 rings (SSSR count). The number of benzene rings is 1. The van der Waals surface area contributed by atoms with Crippen molar-refractivity contribution in [2.75, 3.05) is 26.3 Å². The van der Waals surface area contributed by atoms with Crippen LogP contribution in [0.15, 0.2) is 29.2 Å². The van der Waals surface area contributed by atoms with E-state index in [9.17, 15) is 13.2 Å². The normalized spacial score (nSPS) is 29.6. The summed E-state index contributed by atoms with van der Waals surface area (Å²) in [6.45, 7) is 3.67. The Hall–Kier alpha value is -1.44. The summed E-state index contributed by atoms with van der Waals surface area (Å²) in [5, 5.41) is 3.13. The summed E-state index contributed by atoms with van der Waals surface area (Å²) in [6, 6.07) is 6.43. The number of hydrogen-bond donors (Lipinski definition) is 1. The summed E-state index contributed by atoms with van der Waals surface area (Å²) >= 11 is 0. The quantitative estimate of drug-likeness (QED) is 0.834. The topological polar surface area (TPSA) is 75.7 Å². The first-order valence-corrected chi connectivity index (χ1v) is 11.4. The Morgan fingerprint density at radius 3 is 2.44 bits per heavy atom. The highest BCUT2D eigenvalue weighted by molar-refractivity contribution is 7.89. The number of hydrogen-bond acceptors (Lipinski definition) is 4. The van der Waals surface area contributed by atoms with Crippen molar-refractivity contribution in [2.24, 2.45) is 17.8 Å². The molecule has 1 aliphatic heterocycles. The number of rotatable bonds is 5. The maximum atomic E-state index is 12.7. The van der Waals surface area contributed by atoms with Crippen molar-refractivity contribution in [1.29, 1.82) is 0 Å². The zero-order chi connectivity index (χ0) is 19.0. The molecule has 3 aliphatic rings. The van der Waals surface area contributed by atoms with E-state index in [-0.39, 0.29) is 16.8 Å². The van der Waals surface area contributed by atoms with Crippen LogP contribution in [0.25, 0.3) is 0 Å². The number of carbonyl (C=O) groups is 1. The molecule has 0 unspecified atom stereocenters. The summed E-state index contributed by atoms with van der Waals surface area (Å²) in [7, 11) is -3.52. The summed E-state index contributed by atoms with van der Waals surface area (Å²) in [4.78, 5) is 12.8. The van der Waals surface area contributed by atoms with Gasteiger partial charge in [0.15, 0.2) is 0 Å². The molecule has 6 nitrogen and oxygen atoms in total. The van der Waals surface area contributed by atoms with Gasteiger partial charge in [-0.3, -0.25) is 4.79 Å². The van der Waals surface area contributed by atoms with E-state index in [1.165, 1.54) is 42.1 Å². The summed E-state index contributed by atoms with van der Waals surface area (Å²) in [5.74, 6) is 2.06. The van der Waals surface area contributed by atoms with Crippen molar-refractivity contribution in [1.82, 2.24) is 9.62 Å². The van der Waals surface area contributed by atoms with Crippen LogP contribution in [0.5, 0.6) is 0 Å². The Morgan fingerprint density at radius 1 is 1.15 bits per heavy atom. The minimum absolute atomic E-state index is 0.124. The van der Waals surface area contributed by atoms with E-state index in [0.29, 0.717) is 37.8 Å². The molecule has 27 heavy (non-hydrogen) atoms. The van der Waals surface area contributed by atoms with Gasteiger partial charge in [0.05, 0.1) is 18.1 Å². The van der Waals surface area contributed by atoms with Gasteiger partial charge in [-0.1, -0.05) is 6.42 Å². The van der Waals surface area contributed by atoms with Crippen LogP contribution in [0, 0.1) is 17.8 Å². The first-order chi connectivity index (χ1) is 12.9. The Kier molecular flexibility index (Phi) is 5.27. The number of nitrogens with one attached hydrogen (secondary N) is 1. The largest absolute Gasteiger partial charge is 0.379 e. The number of fused-ring (bicyclic) bond motifs is 2. The first-order valence-electron chi connectivity index (χ1n) is 9.94. The number of amides is 1. The molecule has 7 heteroatoms. The van der Waals surface area contributed by atoms with Crippen molar-refractivity contribution >= 4 is 15.9 Å². The lowest BCUT2D eigenvalue weighted by Gasteiger charge is -2.28. The highest BCUT2D eigenvalue weighted by Gasteiger charge is 2.42. The lowest BCUT2D eigenvalue weighted by Crippen LogP contribution is -2.41. The predicted molar refractivity (Wildman–Crippen MR) is 102 cm³/mol. The Bertz CT molecular complexity index is 787. The minimum atomic E-state index is -3.52. The molecule has 148 valence electrons.